The van der Waals surface area contributed by atoms with Crippen molar-refractivity contribution in [3.05, 3.63) is 81.2 Å². The maximum Gasteiger partial charge on any atom is 0.341 e. The van der Waals surface area contributed by atoms with Crippen LogP contribution in [-0.2, 0) is 16.0 Å². The molecule has 2 N–H and O–H groups in total. The van der Waals surface area contributed by atoms with E-state index in [4.69, 9.17) is 21.1 Å². The lowest BCUT2D eigenvalue weighted by atomic mass is 10.1. The summed E-state index contributed by atoms with van der Waals surface area (Å²) in [6.07, 6.45) is 0.673. The van der Waals surface area contributed by atoms with Gasteiger partial charge in [0.2, 0.25) is 0 Å². The van der Waals surface area contributed by atoms with Gasteiger partial charge in [0.05, 0.1) is 17.6 Å². The zero-order chi connectivity index (χ0) is 23.8. The minimum absolute atomic E-state index is 0.149. The van der Waals surface area contributed by atoms with E-state index in [1.54, 1.807) is 31.2 Å². The van der Waals surface area contributed by atoms with E-state index in [1.807, 2.05) is 30.3 Å². The van der Waals surface area contributed by atoms with Crippen LogP contribution in [0.3, 0.4) is 0 Å². The summed E-state index contributed by atoms with van der Waals surface area (Å²) in [5.41, 5.74) is 1.69. The molecule has 33 heavy (non-hydrogen) atoms. The summed E-state index contributed by atoms with van der Waals surface area (Å²) < 4.78 is 10.3. The highest BCUT2D eigenvalue weighted by Gasteiger charge is 2.26. The summed E-state index contributed by atoms with van der Waals surface area (Å²) >= 11 is 6.86. The quantitative estimate of drug-likeness (QED) is 0.435. The van der Waals surface area contributed by atoms with Gasteiger partial charge in [0, 0.05) is 11.6 Å². The molecule has 3 rings (SSSR count). The van der Waals surface area contributed by atoms with Crippen LogP contribution >= 0.6 is 22.9 Å². The number of rotatable bonds is 9. The second kappa shape index (κ2) is 11.5. The Balaban J connectivity index is 1.68. The van der Waals surface area contributed by atoms with Crippen LogP contribution in [0.5, 0.6) is 5.75 Å². The Kier molecular flexibility index (Phi) is 8.46. The first-order valence-corrected chi connectivity index (χ1v) is 11.3. The van der Waals surface area contributed by atoms with Crippen LogP contribution in [0.4, 0.5) is 5.00 Å². The Morgan fingerprint density at radius 3 is 2.39 bits per heavy atom. The van der Waals surface area contributed by atoms with Gasteiger partial charge in [0.1, 0.15) is 10.8 Å². The SMILES string of the molecule is COC(=O)c1c(NC(=O)COc2ccc(Cl)cc2)sc(C(=O)NCCc2ccccc2)c1C. The molecule has 2 aromatic carbocycles. The van der Waals surface area contributed by atoms with Gasteiger partial charge in [-0.2, -0.15) is 0 Å². The van der Waals surface area contributed by atoms with Crippen molar-refractivity contribution in [2.75, 3.05) is 25.6 Å². The Labute approximate surface area is 200 Å². The third-order valence-corrected chi connectivity index (χ3v) is 6.18. The maximum atomic E-state index is 12.8. The van der Waals surface area contributed by atoms with Crippen molar-refractivity contribution < 1.29 is 23.9 Å². The van der Waals surface area contributed by atoms with E-state index in [1.165, 1.54) is 7.11 Å². The van der Waals surface area contributed by atoms with E-state index >= 15 is 0 Å². The summed E-state index contributed by atoms with van der Waals surface area (Å²) in [7, 11) is 1.24. The smallest absolute Gasteiger partial charge is 0.341 e. The second-order valence-electron chi connectivity index (χ2n) is 7.03. The number of halogens is 1. The fourth-order valence-corrected chi connectivity index (χ4v) is 4.31. The molecule has 0 radical (unpaired) electrons. The number of ether oxygens (including phenoxy) is 2. The Hall–Kier alpha value is -3.36. The molecule has 0 aliphatic heterocycles. The van der Waals surface area contributed by atoms with Crippen molar-refractivity contribution in [2.24, 2.45) is 0 Å². The summed E-state index contributed by atoms with van der Waals surface area (Å²) in [4.78, 5) is 37.9. The fraction of sp³-hybridized carbons (Fsp3) is 0.208. The van der Waals surface area contributed by atoms with Gasteiger partial charge in [0.25, 0.3) is 11.8 Å². The molecule has 0 unspecified atom stereocenters. The summed E-state index contributed by atoms with van der Waals surface area (Å²) in [5, 5.41) is 6.30. The lowest BCUT2D eigenvalue weighted by Gasteiger charge is -2.08. The summed E-state index contributed by atoms with van der Waals surface area (Å²) in [6, 6.07) is 16.4. The number of thiophene rings is 1. The first-order chi connectivity index (χ1) is 15.9. The van der Waals surface area contributed by atoms with Gasteiger partial charge < -0.3 is 20.1 Å². The molecule has 0 bridgehead atoms. The molecule has 1 aromatic heterocycles. The van der Waals surface area contributed by atoms with Crippen molar-refractivity contribution in [3.8, 4) is 5.75 Å². The van der Waals surface area contributed by atoms with Crippen molar-refractivity contribution in [3.63, 3.8) is 0 Å². The Bertz CT molecular complexity index is 1130. The number of carbonyl (C=O) groups is 3. The van der Waals surface area contributed by atoms with E-state index in [9.17, 15) is 14.4 Å². The lowest BCUT2D eigenvalue weighted by molar-refractivity contribution is -0.118. The second-order valence-corrected chi connectivity index (χ2v) is 8.49. The Morgan fingerprint density at radius 2 is 1.73 bits per heavy atom. The van der Waals surface area contributed by atoms with Crippen LogP contribution < -0.4 is 15.4 Å². The lowest BCUT2D eigenvalue weighted by Crippen LogP contribution is -2.25. The Morgan fingerprint density at radius 1 is 1.03 bits per heavy atom. The average Bonchev–Trinajstić information content (AvgIpc) is 3.14. The number of methoxy groups -OCH3 is 1. The molecule has 0 fully saturated rings. The van der Waals surface area contributed by atoms with Crippen LogP contribution in [0.2, 0.25) is 5.02 Å². The van der Waals surface area contributed by atoms with Gasteiger partial charge in [-0.05, 0) is 48.7 Å². The summed E-state index contributed by atoms with van der Waals surface area (Å²) in [6.45, 7) is 1.80. The van der Waals surface area contributed by atoms with Crippen molar-refractivity contribution in [2.45, 2.75) is 13.3 Å². The number of benzene rings is 2. The first kappa shape index (κ1) is 24.3. The zero-order valence-electron chi connectivity index (χ0n) is 18.1. The molecule has 172 valence electrons. The van der Waals surface area contributed by atoms with Gasteiger partial charge in [-0.1, -0.05) is 41.9 Å². The number of anilines is 1. The molecule has 2 amide bonds. The topological polar surface area (TPSA) is 93.7 Å². The number of amides is 2. The summed E-state index contributed by atoms with van der Waals surface area (Å²) in [5.74, 6) is -0.964. The minimum atomic E-state index is -0.638. The molecular weight excluding hydrogens is 464 g/mol. The predicted octanol–water partition coefficient (Wildman–Crippen LogP) is 4.49. The highest BCUT2D eigenvalue weighted by molar-refractivity contribution is 7.18. The number of esters is 1. The normalized spacial score (nSPS) is 10.4. The third-order valence-electron chi connectivity index (χ3n) is 4.72. The van der Waals surface area contributed by atoms with Gasteiger partial charge in [-0.15, -0.1) is 11.3 Å². The molecule has 0 atom stereocenters. The van der Waals surface area contributed by atoms with Gasteiger partial charge >= 0.3 is 5.97 Å². The molecule has 7 nitrogen and oxygen atoms in total. The van der Waals surface area contributed by atoms with Crippen molar-refractivity contribution >= 4 is 45.7 Å². The maximum absolute atomic E-state index is 12.8. The highest BCUT2D eigenvalue weighted by atomic mass is 35.5. The molecule has 0 saturated heterocycles. The van der Waals surface area contributed by atoms with E-state index in [-0.39, 0.29) is 23.1 Å². The van der Waals surface area contributed by atoms with Crippen molar-refractivity contribution in [1.29, 1.82) is 0 Å². The predicted molar refractivity (Wildman–Crippen MR) is 128 cm³/mol. The standard InChI is InChI=1S/C24H23ClN2O5S/c1-15-20(24(30)31-2)23(27-19(28)14-32-18-10-8-17(25)9-11-18)33-21(15)22(29)26-13-12-16-6-4-3-5-7-16/h3-11H,12-14H2,1-2H3,(H,26,29)(H,27,28). The molecule has 9 heteroatoms. The van der Waals surface area contributed by atoms with Crippen LogP contribution in [0.25, 0.3) is 0 Å². The largest absolute Gasteiger partial charge is 0.484 e. The van der Waals surface area contributed by atoms with Gasteiger partial charge in [-0.3, -0.25) is 9.59 Å². The first-order valence-electron chi connectivity index (χ1n) is 10.1. The van der Waals surface area contributed by atoms with Crippen LogP contribution in [0.15, 0.2) is 54.6 Å². The van der Waals surface area contributed by atoms with Gasteiger partial charge in [-0.25, -0.2) is 4.79 Å². The zero-order valence-corrected chi connectivity index (χ0v) is 19.7. The molecule has 0 aliphatic rings. The number of carbonyl (C=O) groups excluding carboxylic acids is 3. The van der Waals surface area contributed by atoms with Crippen LogP contribution in [0.1, 0.15) is 31.2 Å². The molecule has 0 saturated carbocycles. The number of hydrogen-bond donors (Lipinski definition) is 2. The molecule has 1 heterocycles. The number of nitrogens with one attached hydrogen (secondary N) is 2. The molecule has 3 aromatic rings. The number of hydrogen-bond acceptors (Lipinski definition) is 6. The fourth-order valence-electron chi connectivity index (χ4n) is 3.05. The van der Waals surface area contributed by atoms with Crippen LogP contribution in [-0.4, -0.2) is 38.0 Å². The van der Waals surface area contributed by atoms with E-state index in [0.29, 0.717) is 34.2 Å². The molecular formula is C24H23ClN2O5S. The van der Waals surface area contributed by atoms with E-state index < -0.39 is 11.9 Å². The monoisotopic (exact) mass is 486 g/mol. The van der Waals surface area contributed by atoms with E-state index in [0.717, 1.165) is 16.9 Å². The van der Waals surface area contributed by atoms with Gasteiger partial charge in [0.15, 0.2) is 6.61 Å². The molecule has 0 aliphatic carbocycles. The minimum Gasteiger partial charge on any atom is -0.484 e. The van der Waals surface area contributed by atoms with Crippen LogP contribution in [0, 0.1) is 6.92 Å². The average molecular weight is 487 g/mol. The molecule has 0 spiro atoms. The third kappa shape index (κ3) is 6.57. The highest BCUT2D eigenvalue weighted by Crippen LogP contribution is 2.33. The van der Waals surface area contributed by atoms with E-state index in [2.05, 4.69) is 10.6 Å². The van der Waals surface area contributed by atoms with Crippen molar-refractivity contribution in [1.82, 2.24) is 5.32 Å².